The zero-order valence-corrected chi connectivity index (χ0v) is 10.5. The van der Waals surface area contributed by atoms with Gasteiger partial charge in [-0.05, 0) is 28.1 Å². The predicted molar refractivity (Wildman–Crippen MR) is 61.8 cm³/mol. The molecule has 1 heterocycles. The average molecular weight is 302 g/mol. The van der Waals surface area contributed by atoms with Gasteiger partial charge in [-0.2, -0.15) is 4.98 Å². The van der Waals surface area contributed by atoms with Gasteiger partial charge >= 0.3 is 0 Å². The first-order chi connectivity index (χ1) is 8.17. The van der Waals surface area contributed by atoms with Gasteiger partial charge in [0.05, 0.1) is 23.7 Å². The number of ether oxygens (including phenoxy) is 1. The number of methoxy groups -OCH3 is 1. The second-order valence-electron chi connectivity index (χ2n) is 3.16. The maximum absolute atomic E-state index is 13.8. The van der Waals surface area contributed by atoms with Crippen molar-refractivity contribution < 1.29 is 13.7 Å². The molecule has 2 aromatic rings. The summed E-state index contributed by atoms with van der Waals surface area (Å²) in [5.74, 6) is 0.0759. The van der Waals surface area contributed by atoms with Crippen LogP contribution in [0.25, 0.3) is 11.4 Å². The van der Waals surface area contributed by atoms with Crippen LogP contribution in [0, 0.1) is 5.82 Å². The van der Waals surface area contributed by atoms with Crippen molar-refractivity contribution in [2.24, 2.45) is 5.73 Å². The molecule has 0 aliphatic rings. The molecule has 0 fully saturated rings. The van der Waals surface area contributed by atoms with E-state index in [2.05, 4.69) is 26.1 Å². The lowest BCUT2D eigenvalue weighted by molar-refractivity contribution is 0.377. The highest BCUT2D eigenvalue weighted by Crippen LogP contribution is 2.34. The number of nitrogens with two attached hydrogens (primary N) is 1. The van der Waals surface area contributed by atoms with Gasteiger partial charge in [0.1, 0.15) is 0 Å². The van der Waals surface area contributed by atoms with Gasteiger partial charge in [-0.15, -0.1) is 0 Å². The highest BCUT2D eigenvalue weighted by molar-refractivity contribution is 9.10. The van der Waals surface area contributed by atoms with Crippen LogP contribution in [0.3, 0.4) is 0 Å². The summed E-state index contributed by atoms with van der Waals surface area (Å²) in [5, 5.41) is 3.71. The minimum absolute atomic E-state index is 0.0590. The third-order valence-corrected chi connectivity index (χ3v) is 2.75. The summed E-state index contributed by atoms with van der Waals surface area (Å²) in [6.45, 7) is 0.133. The fourth-order valence-electron chi connectivity index (χ4n) is 1.35. The van der Waals surface area contributed by atoms with Crippen LogP contribution in [0.5, 0.6) is 5.75 Å². The molecular formula is C10H9BrFN3O2. The maximum Gasteiger partial charge on any atom is 0.240 e. The van der Waals surface area contributed by atoms with Crippen molar-refractivity contribution in [2.45, 2.75) is 6.54 Å². The zero-order chi connectivity index (χ0) is 12.4. The van der Waals surface area contributed by atoms with E-state index in [0.717, 1.165) is 0 Å². The highest BCUT2D eigenvalue weighted by atomic mass is 79.9. The van der Waals surface area contributed by atoms with E-state index in [0.29, 0.717) is 10.0 Å². The molecule has 0 spiro atoms. The Balaban J connectivity index is 2.55. The first-order valence-corrected chi connectivity index (χ1v) is 5.51. The van der Waals surface area contributed by atoms with Crippen LogP contribution in [-0.4, -0.2) is 17.3 Å². The average Bonchev–Trinajstić information content (AvgIpc) is 2.81. The lowest BCUT2D eigenvalue weighted by atomic mass is 10.2. The van der Waals surface area contributed by atoms with Crippen LogP contribution in [0.4, 0.5) is 4.39 Å². The van der Waals surface area contributed by atoms with E-state index in [9.17, 15) is 4.39 Å². The minimum atomic E-state index is -0.510. The topological polar surface area (TPSA) is 74.2 Å². The summed E-state index contributed by atoms with van der Waals surface area (Å²) in [6.07, 6.45) is 0. The SMILES string of the molecule is COc1c(-c2noc(CN)n2)ccc(Br)c1F. The van der Waals surface area contributed by atoms with Gasteiger partial charge in [0.15, 0.2) is 11.6 Å². The molecule has 17 heavy (non-hydrogen) atoms. The normalized spacial score (nSPS) is 10.6. The smallest absolute Gasteiger partial charge is 0.240 e. The van der Waals surface area contributed by atoms with E-state index in [1.165, 1.54) is 7.11 Å². The van der Waals surface area contributed by atoms with E-state index in [1.807, 2.05) is 0 Å². The first-order valence-electron chi connectivity index (χ1n) is 4.72. The molecule has 0 unspecified atom stereocenters. The first kappa shape index (κ1) is 12.0. The molecule has 0 saturated carbocycles. The molecule has 0 saturated heterocycles. The Morgan fingerprint density at radius 2 is 2.29 bits per heavy atom. The van der Waals surface area contributed by atoms with Crippen LogP contribution < -0.4 is 10.5 Å². The molecule has 7 heteroatoms. The lowest BCUT2D eigenvalue weighted by Crippen LogP contribution is -1.97. The Hall–Kier alpha value is -1.47. The van der Waals surface area contributed by atoms with Gasteiger partial charge in [-0.3, -0.25) is 0 Å². The largest absolute Gasteiger partial charge is 0.493 e. The summed E-state index contributed by atoms with van der Waals surface area (Å²) in [6, 6.07) is 3.18. The van der Waals surface area contributed by atoms with Crippen LogP contribution >= 0.6 is 15.9 Å². The van der Waals surface area contributed by atoms with Gasteiger partial charge in [0.2, 0.25) is 11.7 Å². The Kier molecular flexibility index (Phi) is 3.39. The molecule has 90 valence electrons. The van der Waals surface area contributed by atoms with E-state index < -0.39 is 5.82 Å². The lowest BCUT2D eigenvalue weighted by Gasteiger charge is -2.07. The number of halogens is 2. The van der Waals surface area contributed by atoms with Gasteiger partial charge < -0.3 is 15.0 Å². The van der Waals surface area contributed by atoms with Crippen molar-refractivity contribution >= 4 is 15.9 Å². The van der Waals surface area contributed by atoms with Crippen molar-refractivity contribution in [2.75, 3.05) is 7.11 Å². The van der Waals surface area contributed by atoms with Crippen LogP contribution in [-0.2, 0) is 6.54 Å². The molecule has 0 radical (unpaired) electrons. The number of benzene rings is 1. The quantitative estimate of drug-likeness (QED) is 0.940. The Bertz CT molecular complexity index is 544. The summed E-state index contributed by atoms with van der Waals surface area (Å²) in [4.78, 5) is 4.01. The summed E-state index contributed by atoms with van der Waals surface area (Å²) in [5.41, 5.74) is 5.77. The molecule has 0 amide bonds. The van der Waals surface area contributed by atoms with Crippen LogP contribution in [0.1, 0.15) is 5.89 Å². The van der Waals surface area contributed by atoms with E-state index in [4.69, 9.17) is 15.0 Å². The molecule has 1 aromatic carbocycles. The highest BCUT2D eigenvalue weighted by Gasteiger charge is 2.18. The van der Waals surface area contributed by atoms with Gasteiger partial charge in [-0.25, -0.2) is 4.39 Å². The molecule has 1 aromatic heterocycles. The molecule has 2 rings (SSSR count). The fourth-order valence-corrected chi connectivity index (χ4v) is 1.67. The molecule has 5 nitrogen and oxygen atoms in total. The molecule has 2 N–H and O–H groups in total. The standard InChI is InChI=1S/C10H9BrFN3O2/c1-16-9-5(2-3-6(11)8(9)12)10-14-7(4-13)17-15-10/h2-3H,4,13H2,1H3. The third kappa shape index (κ3) is 2.16. The number of hydrogen-bond donors (Lipinski definition) is 1. The van der Waals surface area contributed by atoms with Crippen molar-refractivity contribution in [3.63, 3.8) is 0 Å². The van der Waals surface area contributed by atoms with Crippen molar-refractivity contribution in [3.8, 4) is 17.1 Å². The monoisotopic (exact) mass is 301 g/mol. The van der Waals surface area contributed by atoms with Crippen LogP contribution in [0.15, 0.2) is 21.1 Å². The number of hydrogen-bond acceptors (Lipinski definition) is 5. The zero-order valence-electron chi connectivity index (χ0n) is 8.91. The minimum Gasteiger partial charge on any atom is -0.493 e. The van der Waals surface area contributed by atoms with Gasteiger partial charge in [0.25, 0.3) is 0 Å². The Labute approximate surface area is 105 Å². The maximum atomic E-state index is 13.8. The third-order valence-electron chi connectivity index (χ3n) is 2.14. The van der Waals surface area contributed by atoms with Crippen LogP contribution in [0.2, 0.25) is 0 Å². The molecule has 0 atom stereocenters. The molecular weight excluding hydrogens is 293 g/mol. The Morgan fingerprint density at radius 3 is 2.88 bits per heavy atom. The summed E-state index contributed by atoms with van der Waals surface area (Å²) >= 11 is 3.07. The second-order valence-corrected chi connectivity index (χ2v) is 4.01. The molecule has 0 aliphatic carbocycles. The summed E-state index contributed by atoms with van der Waals surface area (Å²) < 4.78 is 23.9. The summed E-state index contributed by atoms with van der Waals surface area (Å²) in [7, 11) is 1.37. The van der Waals surface area contributed by atoms with E-state index in [-0.39, 0.29) is 24.0 Å². The number of aromatic nitrogens is 2. The Morgan fingerprint density at radius 1 is 1.53 bits per heavy atom. The second kappa shape index (κ2) is 4.80. The van der Waals surface area contributed by atoms with Crippen molar-refractivity contribution in [1.82, 2.24) is 10.1 Å². The van der Waals surface area contributed by atoms with Gasteiger partial charge in [0, 0.05) is 0 Å². The van der Waals surface area contributed by atoms with Crippen molar-refractivity contribution in [1.29, 1.82) is 0 Å². The molecule has 0 aliphatic heterocycles. The van der Waals surface area contributed by atoms with E-state index in [1.54, 1.807) is 12.1 Å². The van der Waals surface area contributed by atoms with Crippen molar-refractivity contribution in [3.05, 3.63) is 28.3 Å². The predicted octanol–water partition coefficient (Wildman–Crippen LogP) is 2.11. The fraction of sp³-hybridized carbons (Fsp3) is 0.200. The van der Waals surface area contributed by atoms with Gasteiger partial charge in [-0.1, -0.05) is 5.16 Å². The number of nitrogens with zero attached hydrogens (tertiary/aromatic N) is 2. The molecule has 0 bridgehead atoms. The van der Waals surface area contributed by atoms with E-state index >= 15 is 0 Å². The number of rotatable bonds is 3.